The van der Waals surface area contributed by atoms with Crippen molar-refractivity contribution < 1.29 is 9.59 Å². The molecule has 0 aromatic carbocycles. The summed E-state index contributed by atoms with van der Waals surface area (Å²) in [5.74, 6) is 0.116. The van der Waals surface area contributed by atoms with Gasteiger partial charge in [0.2, 0.25) is 11.8 Å². The first-order chi connectivity index (χ1) is 11.1. The first kappa shape index (κ1) is 15.7. The van der Waals surface area contributed by atoms with E-state index in [2.05, 4.69) is 5.10 Å². The van der Waals surface area contributed by atoms with Crippen LogP contribution in [0, 0.1) is 0 Å². The Morgan fingerprint density at radius 1 is 1.17 bits per heavy atom. The molecule has 2 amide bonds. The van der Waals surface area contributed by atoms with Crippen LogP contribution in [0.15, 0.2) is 29.1 Å². The zero-order chi connectivity index (χ0) is 16.4. The Kier molecular flexibility index (Phi) is 4.47. The van der Waals surface area contributed by atoms with Crippen LogP contribution in [0.25, 0.3) is 11.3 Å². The van der Waals surface area contributed by atoms with Gasteiger partial charge in [-0.05, 0) is 24.4 Å². The van der Waals surface area contributed by atoms with Gasteiger partial charge in [0.25, 0.3) is 0 Å². The van der Waals surface area contributed by atoms with Gasteiger partial charge in [0.05, 0.1) is 5.69 Å². The van der Waals surface area contributed by atoms with Crippen molar-refractivity contribution in [2.45, 2.75) is 19.9 Å². The first-order valence-electron chi connectivity index (χ1n) is 7.68. The highest BCUT2D eigenvalue weighted by Crippen LogP contribution is 2.21. The Labute approximate surface area is 139 Å². The van der Waals surface area contributed by atoms with Crippen molar-refractivity contribution in [1.29, 1.82) is 0 Å². The Morgan fingerprint density at radius 3 is 2.48 bits per heavy atom. The lowest BCUT2D eigenvalue weighted by Crippen LogP contribution is -2.51. The smallest absolute Gasteiger partial charge is 0.247 e. The summed E-state index contributed by atoms with van der Waals surface area (Å²) in [5.41, 5.74) is 1.95. The van der Waals surface area contributed by atoms with Gasteiger partial charge in [-0.25, -0.2) is 0 Å². The van der Waals surface area contributed by atoms with Gasteiger partial charge in [0, 0.05) is 50.2 Å². The molecule has 1 saturated heterocycles. The predicted octanol–water partition coefficient (Wildman–Crippen LogP) is 1.86. The molecule has 0 saturated carbocycles. The number of hydrogen-bond acceptors (Lipinski definition) is 4. The van der Waals surface area contributed by atoms with Crippen LogP contribution in [0.5, 0.6) is 0 Å². The Hall–Kier alpha value is -2.15. The second-order valence-corrected chi connectivity index (χ2v) is 6.48. The minimum Gasteiger partial charge on any atom is -0.339 e. The van der Waals surface area contributed by atoms with Crippen LogP contribution in [0.1, 0.15) is 19.9 Å². The molecule has 2 aromatic rings. The van der Waals surface area contributed by atoms with Crippen molar-refractivity contribution in [2.24, 2.45) is 0 Å². The molecule has 3 heterocycles. The predicted molar refractivity (Wildman–Crippen MR) is 89.1 cm³/mol. The highest BCUT2D eigenvalue weighted by atomic mass is 32.1. The molecule has 0 N–H and O–H groups in total. The summed E-state index contributed by atoms with van der Waals surface area (Å²) < 4.78 is 1.71. The SMILES string of the molecule is CC(=O)N1CCN(C(=O)[C@H](C)n2ccc(-c3ccsc3)n2)CC1. The molecule has 0 aliphatic carbocycles. The molecule has 7 heteroatoms. The molecule has 0 unspecified atom stereocenters. The van der Waals surface area contributed by atoms with Crippen molar-refractivity contribution in [1.82, 2.24) is 19.6 Å². The maximum atomic E-state index is 12.6. The largest absolute Gasteiger partial charge is 0.339 e. The van der Waals surface area contributed by atoms with Gasteiger partial charge in [-0.3, -0.25) is 14.3 Å². The van der Waals surface area contributed by atoms with E-state index in [1.807, 2.05) is 40.9 Å². The average Bonchev–Trinajstić information content (AvgIpc) is 3.24. The molecule has 6 nitrogen and oxygen atoms in total. The molecule has 0 spiro atoms. The molecule has 3 rings (SSSR count). The minimum absolute atomic E-state index is 0.0492. The molecule has 0 bridgehead atoms. The lowest BCUT2D eigenvalue weighted by molar-refractivity contribution is -0.140. The minimum atomic E-state index is -0.341. The van der Waals surface area contributed by atoms with E-state index in [-0.39, 0.29) is 17.9 Å². The highest BCUT2D eigenvalue weighted by Gasteiger charge is 2.27. The van der Waals surface area contributed by atoms with E-state index in [0.717, 1.165) is 11.3 Å². The third-order valence-electron chi connectivity index (χ3n) is 4.22. The maximum Gasteiger partial charge on any atom is 0.247 e. The van der Waals surface area contributed by atoms with Gasteiger partial charge >= 0.3 is 0 Å². The Balaban J connectivity index is 1.65. The second-order valence-electron chi connectivity index (χ2n) is 5.70. The van der Waals surface area contributed by atoms with Crippen LogP contribution in [-0.2, 0) is 9.59 Å². The van der Waals surface area contributed by atoms with Gasteiger partial charge in [0.1, 0.15) is 6.04 Å². The van der Waals surface area contributed by atoms with Crippen LogP contribution in [-0.4, -0.2) is 57.6 Å². The van der Waals surface area contributed by atoms with E-state index in [1.165, 1.54) is 0 Å². The van der Waals surface area contributed by atoms with E-state index in [1.54, 1.807) is 27.8 Å². The molecule has 0 radical (unpaired) electrons. The van der Waals surface area contributed by atoms with Gasteiger partial charge in [-0.2, -0.15) is 16.4 Å². The number of nitrogens with zero attached hydrogens (tertiary/aromatic N) is 4. The van der Waals surface area contributed by atoms with E-state index in [0.29, 0.717) is 26.2 Å². The van der Waals surface area contributed by atoms with Gasteiger partial charge in [-0.15, -0.1) is 0 Å². The number of rotatable bonds is 3. The van der Waals surface area contributed by atoms with Gasteiger partial charge in [0.15, 0.2) is 0 Å². The van der Waals surface area contributed by atoms with Crippen molar-refractivity contribution in [3.63, 3.8) is 0 Å². The van der Waals surface area contributed by atoms with Crippen molar-refractivity contribution in [3.8, 4) is 11.3 Å². The third kappa shape index (κ3) is 3.29. The zero-order valence-electron chi connectivity index (χ0n) is 13.3. The molecule has 1 aliphatic rings. The summed E-state index contributed by atoms with van der Waals surface area (Å²) in [5, 5.41) is 8.58. The fraction of sp³-hybridized carbons (Fsp3) is 0.438. The number of carbonyl (C=O) groups excluding carboxylic acids is 2. The molecule has 122 valence electrons. The average molecular weight is 332 g/mol. The molecular weight excluding hydrogens is 312 g/mol. The third-order valence-corrected chi connectivity index (χ3v) is 4.90. The topological polar surface area (TPSA) is 58.4 Å². The normalized spacial score (nSPS) is 16.4. The van der Waals surface area contributed by atoms with Crippen LogP contribution in [0.3, 0.4) is 0 Å². The monoisotopic (exact) mass is 332 g/mol. The van der Waals surface area contributed by atoms with E-state index in [4.69, 9.17) is 0 Å². The van der Waals surface area contributed by atoms with E-state index >= 15 is 0 Å². The van der Waals surface area contributed by atoms with Gasteiger partial charge < -0.3 is 9.80 Å². The van der Waals surface area contributed by atoms with Gasteiger partial charge in [-0.1, -0.05) is 0 Å². The highest BCUT2D eigenvalue weighted by molar-refractivity contribution is 7.08. The molecule has 2 aromatic heterocycles. The molecule has 1 aliphatic heterocycles. The van der Waals surface area contributed by atoms with Crippen molar-refractivity contribution >= 4 is 23.2 Å². The van der Waals surface area contributed by atoms with Crippen molar-refractivity contribution in [3.05, 3.63) is 29.1 Å². The van der Waals surface area contributed by atoms with Crippen LogP contribution in [0.4, 0.5) is 0 Å². The van der Waals surface area contributed by atoms with Crippen LogP contribution >= 0.6 is 11.3 Å². The maximum absolute atomic E-state index is 12.6. The number of carbonyl (C=O) groups is 2. The standard InChI is InChI=1S/C16H20N4O2S/c1-12(16(22)19-8-6-18(7-9-19)13(2)21)20-5-3-15(17-20)14-4-10-23-11-14/h3-5,10-12H,6-9H2,1-2H3/t12-/m0/s1. The Bertz CT molecular complexity index is 687. The number of piperazine rings is 1. The number of thiophene rings is 1. The van der Waals surface area contributed by atoms with Crippen LogP contribution in [0.2, 0.25) is 0 Å². The summed E-state index contributed by atoms with van der Waals surface area (Å²) >= 11 is 1.63. The summed E-state index contributed by atoms with van der Waals surface area (Å²) in [6.45, 7) is 5.81. The van der Waals surface area contributed by atoms with E-state index in [9.17, 15) is 9.59 Å². The number of hydrogen-bond donors (Lipinski definition) is 0. The van der Waals surface area contributed by atoms with Crippen molar-refractivity contribution in [2.75, 3.05) is 26.2 Å². The van der Waals surface area contributed by atoms with E-state index < -0.39 is 0 Å². The fourth-order valence-corrected chi connectivity index (χ4v) is 3.39. The summed E-state index contributed by atoms with van der Waals surface area (Å²) in [6.07, 6.45) is 1.85. The molecule has 1 atom stereocenters. The molecular formula is C16H20N4O2S. The molecule has 1 fully saturated rings. The molecule has 23 heavy (non-hydrogen) atoms. The fourth-order valence-electron chi connectivity index (χ4n) is 2.74. The lowest BCUT2D eigenvalue weighted by atomic mass is 10.2. The second kappa shape index (κ2) is 6.54. The quantitative estimate of drug-likeness (QED) is 0.862. The lowest BCUT2D eigenvalue weighted by Gasteiger charge is -2.35. The summed E-state index contributed by atoms with van der Waals surface area (Å²) in [7, 11) is 0. The first-order valence-corrected chi connectivity index (χ1v) is 8.62. The zero-order valence-corrected chi connectivity index (χ0v) is 14.1. The number of aromatic nitrogens is 2. The summed E-state index contributed by atoms with van der Waals surface area (Å²) in [6, 6.07) is 3.61. The number of amides is 2. The van der Waals surface area contributed by atoms with Crippen LogP contribution < -0.4 is 0 Å². The Morgan fingerprint density at radius 2 is 1.87 bits per heavy atom. The summed E-state index contributed by atoms with van der Waals surface area (Å²) in [4.78, 5) is 27.6.